The van der Waals surface area contributed by atoms with E-state index in [2.05, 4.69) is 24.0 Å². The van der Waals surface area contributed by atoms with Crippen LogP contribution in [0.3, 0.4) is 0 Å². The average molecular weight is 244 g/mol. The highest BCUT2D eigenvalue weighted by atomic mass is 32.2. The van der Waals surface area contributed by atoms with Gasteiger partial charge in [-0.3, -0.25) is 4.57 Å². The van der Waals surface area contributed by atoms with Crippen molar-refractivity contribution in [3.05, 3.63) is 10.5 Å². The van der Waals surface area contributed by atoms with Gasteiger partial charge in [0, 0.05) is 18.3 Å². The molecule has 0 radical (unpaired) electrons. The lowest BCUT2D eigenvalue weighted by Gasteiger charge is -2.20. The van der Waals surface area contributed by atoms with E-state index in [1.54, 1.807) is 18.8 Å². The van der Waals surface area contributed by atoms with Gasteiger partial charge in [-0.2, -0.15) is 0 Å². The first-order valence-corrected chi connectivity index (χ1v) is 6.51. The van der Waals surface area contributed by atoms with E-state index in [0.717, 1.165) is 19.3 Å². The Morgan fingerprint density at radius 1 is 1.56 bits per heavy atom. The van der Waals surface area contributed by atoms with E-state index in [4.69, 9.17) is 5.73 Å². The molecule has 0 bridgehead atoms. The fourth-order valence-electron chi connectivity index (χ4n) is 1.57. The Morgan fingerprint density at radius 2 is 2.25 bits per heavy atom. The molecule has 2 atom stereocenters. The van der Waals surface area contributed by atoms with E-state index < -0.39 is 0 Å². The van der Waals surface area contributed by atoms with Gasteiger partial charge in [-0.05, 0) is 12.8 Å². The van der Waals surface area contributed by atoms with Crippen molar-refractivity contribution >= 4 is 11.8 Å². The molecule has 0 amide bonds. The number of aromatic nitrogens is 3. The summed E-state index contributed by atoms with van der Waals surface area (Å²) in [6.07, 6.45) is 3.06. The van der Waals surface area contributed by atoms with Gasteiger partial charge in [-0.15, -0.1) is 5.10 Å². The predicted octanol–water partition coefficient (Wildman–Crippen LogP) is 1.11. The Bertz CT molecular complexity index is 373. The maximum absolute atomic E-state index is 11.2. The smallest absolute Gasteiger partial charge is 0.327 e. The lowest BCUT2D eigenvalue weighted by atomic mass is 10.1. The zero-order chi connectivity index (χ0) is 12.1. The number of rotatable bonds is 6. The molecule has 3 N–H and O–H groups in total. The molecule has 6 heteroatoms. The number of H-pyrrole nitrogens is 1. The van der Waals surface area contributed by atoms with Crippen LogP contribution in [0.5, 0.6) is 0 Å². The fourth-order valence-corrected chi connectivity index (χ4v) is 2.65. The van der Waals surface area contributed by atoms with Crippen molar-refractivity contribution in [2.75, 3.05) is 0 Å². The quantitative estimate of drug-likeness (QED) is 0.735. The SMILES string of the molecule is CCCC(N)C(CC)Sc1n[nH]c(=O)n1C. The van der Waals surface area contributed by atoms with E-state index in [9.17, 15) is 4.79 Å². The zero-order valence-electron chi connectivity index (χ0n) is 10.1. The number of nitrogens with one attached hydrogen (secondary N) is 1. The highest BCUT2D eigenvalue weighted by molar-refractivity contribution is 7.99. The van der Waals surface area contributed by atoms with Crippen LogP contribution >= 0.6 is 11.8 Å². The van der Waals surface area contributed by atoms with E-state index in [0.29, 0.717) is 10.4 Å². The monoisotopic (exact) mass is 244 g/mol. The Balaban J connectivity index is 2.70. The van der Waals surface area contributed by atoms with E-state index in [1.807, 2.05) is 0 Å². The minimum Gasteiger partial charge on any atom is -0.327 e. The summed E-state index contributed by atoms with van der Waals surface area (Å²) in [4.78, 5) is 11.2. The van der Waals surface area contributed by atoms with Crippen LogP contribution in [0.25, 0.3) is 0 Å². The molecule has 0 fully saturated rings. The Labute approximate surface area is 99.8 Å². The summed E-state index contributed by atoms with van der Waals surface area (Å²) in [5, 5.41) is 7.44. The highest BCUT2D eigenvalue weighted by Gasteiger charge is 2.19. The number of nitrogens with two attached hydrogens (primary N) is 1. The van der Waals surface area contributed by atoms with Gasteiger partial charge in [0.15, 0.2) is 5.16 Å². The Morgan fingerprint density at radius 3 is 2.69 bits per heavy atom. The van der Waals surface area contributed by atoms with Gasteiger partial charge in [0.1, 0.15) is 0 Å². The molecule has 0 saturated heterocycles. The number of thioether (sulfide) groups is 1. The van der Waals surface area contributed by atoms with Gasteiger partial charge in [0.05, 0.1) is 0 Å². The number of nitrogens with zero attached hydrogens (tertiary/aromatic N) is 2. The van der Waals surface area contributed by atoms with Crippen LogP contribution in [0.15, 0.2) is 9.95 Å². The summed E-state index contributed by atoms with van der Waals surface area (Å²) in [7, 11) is 1.71. The normalized spacial score (nSPS) is 15.0. The lowest BCUT2D eigenvalue weighted by molar-refractivity contribution is 0.564. The van der Waals surface area contributed by atoms with Crippen molar-refractivity contribution in [3.63, 3.8) is 0 Å². The van der Waals surface area contributed by atoms with Gasteiger partial charge in [0.25, 0.3) is 0 Å². The Hall–Kier alpha value is -0.750. The fraction of sp³-hybridized carbons (Fsp3) is 0.800. The van der Waals surface area contributed by atoms with Crippen molar-refractivity contribution in [1.29, 1.82) is 0 Å². The molecule has 0 aliphatic heterocycles. The largest absolute Gasteiger partial charge is 0.343 e. The van der Waals surface area contributed by atoms with E-state index in [1.165, 1.54) is 4.57 Å². The zero-order valence-corrected chi connectivity index (χ0v) is 10.9. The van der Waals surface area contributed by atoms with Crippen molar-refractivity contribution in [1.82, 2.24) is 14.8 Å². The van der Waals surface area contributed by atoms with Crippen LogP contribution in [-0.4, -0.2) is 26.1 Å². The van der Waals surface area contributed by atoms with Gasteiger partial charge in [0.2, 0.25) is 0 Å². The lowest BCUT2D eigenvalue weighted by Crippen LogP contribution is -2.32. The standard InChI is InChI=1S/C10H20N4OS/c1-4-6-7(11)8(5-2)16-10-13-12-9(15)14(10)3/h7-8H,4-6,11H2,1-3H3,(H,12,15). The van der Waals surface area contributed by atoms with Crippen LogP contribution < -0.4 is 11.4 Å². The van der Waals surface area contributed by atoms with Crippen LogP contribution in [0, 0.1) is 0 Å². The van der Waals surface area contributed by atoms with Gasteiger partial charge < -0.3 is 5.73 Å². The molecular formula is C10H20N4OS. The molecule has 1 rings (SSSR count). The summed E-state index contributed by atoms with van der Waals surface area (Å²) < 4.78 is 1.52. The first-order chi connectivity index (χ1) is 7.60. The molecule has 0 spiro atoms. The average Bonchev–Trinajstić information content (AvgIpc) is 2.57. The summed E-state index contributed by atoms with van der Waals surface area (Å²) in [5.41, 5.74) is 5.92. The van der Waals surface area contributed by atoms with Crippen molar-refractivity contribution in [2.45, 2.75) is 49.6 Å². The predicted molar refractivity (Wildman–Crippen MR) is 66.6 cm³/mol. The second kappa shape index (κ2) is 6.10. The van der Waals surface area contributed by atoms with Gasteiger partial charge in [-0.25, -0.2) is 9.89 Å². The third kappa shape index (κ3) is 3.12. The minimum atomic E-state index is -0.179. The topological polar surface area (TPSA) is 76.7 Å². The molecule has 0 saturated carbocycles. The molecular weight excluding hydrogens is 224 g/mol. The Kier molecular flexibility index (Phi) is 5.08. The third-order valence-corrected chi connectivity index (χ3v) is 4.16. The second-order valence-electron chi connectivity index (χ2n) is 3.89. The molecule has 1 aromatic heterocycles. The maximum Gasteiger partial charge on any atom is 0.343 e. The number of hydrogen-bond acceptors (Lipinski definition) is 4. The molecule has 0 aliphatic rings. The van der Waals surface area contributed by atoms with Crippen LogP contribution in [0.4, 0.5) is 0 Å². The first-order valence-electron chi connectivity index (χ1n) is 5.63. The second-order valence-corrected chi connectivity index (χ2v) is 5.09. The summed E-state index contributed by atoms with van der Waals surface area (Å²) in [5.74, 6) is 0. The minimum absolute atomic E-state index is 0.159. The highest BCUT2D eigenvalue weighted by Crippen LogP contribution is 2.25. The van der Waals surface area contributed by atoms with Crippen molar-refractivity contribution in [2.24, 2.45) is 12.8 Å². The van der Waals surface area contributed by atoms with Crippen LogP contribution in [-0.2, 0) is 7.05 Å². The third-order valence-electron chi connectivity index (χ3n) is 2.60. The van der Waals surface area contributed by atoms with Gasteiger partial charge in [-0.1, -0.05) is 32.0 Å². The first kappa shape index (κ1) is 13.3. The number of aromatic amines is 1. The molecule has 0 aliphatic carbocycles. The molecule has 92 valence electrons. The summed E-state index contributed by atoms with van der Waals surface area (Å²) in [6.45, 7) is 4.24. The van der Waals surface area contributed by atoms with Crippen molar-refractivity contribution < 1.29 is 0 Å². The molecule has 1 aromatic rings. The molecule has 0 aromatic carbocycles. The summed E-state index contributed by atoms with van der Waals surface area (Å²) >= 11 is 1.58. The summed E-state index contributed by atoms with van der Waals surface area (Å²) in [6, 6.07) is 0.159. The number of hydrogen-bond donors (Lipinski definition) is 2. The molecule has 5 nitrogen and oxygen atoms in total. The van der Waals surface area contributed by atoms with Gasteiger partial charge >= 0.3 is 5.69 Å². The molecule has 16 heavy (non-hydrogen) atoms. The van der Waals surface area contributed by atoms with E-state index >= 15 is 0 Å². The van der Waals surface area contributed by atoms with Crippen molar-refractivity contribution in [3.8, 4) is 0 Å². The molecule has 2 unspecified atom stereocenters. The maximum atomic E-state index is 11.2. The molecule has 1 heterocycles. The van der Waals surface area contributed by atoms with E-state index in [-0.39, 0.29) is 11.7 Å². The van der Waals surface area contributed by atoms with Crippen LogP contribution in [0.1, 0.15) is 33.1 Å². The van der Waals surface area contributed by atoms with Crippen LogP contribution in [0.2, 0.25) is 0 Å².